The van der Waals surface area contributed by atoms with Gasteiger partial charge in [-0.25, -0.2) is 4.98 Å². The first-order valence-electron chi connectivity index (χ1n) is 5.38. The first kappa shape index (κ1) is 11.9. The van der Waals surface area contributed by atoms with Crippen molar-refractivity contribution >= 4 is 23.1 Å². The van der Waals surface area contributed by atoms with Gasteiger partial charge < -0.3 is 4.90 Å². The van der Waals surface area contributed by atoms with Crippen molar-refractivity contribution in [2.75, 3.05) is 11.9 Å². The summed E-state index contributed by atoms with van der Waals surface area (Å²) in [6, 6.07) is 8.25. The van der Waals surface area contributed by atoms with Crippen molar-refractivity contribution in [2.24, 2.45) is 0 Å². The minimum Gasteiger partial charge on any atom is -0.328 e. The molecule has 0 amide bonds. The van der Waals surface area contributed by atoms with E-state index >= 15 is 0 Å². The number of aryl methyl sites for hydroxylation is 1. The fourth-order valence-electron chi connectivity index (χ4n) is 1.56. The summed E-state index contributed by atoms with van der Waals surface area (Å²) in [6.45, 7) is 2.07. The number of aromatic nitrogens is 2. The van der Waals surface area contributed by atoms with Gasteiger partial charge in [0, 0.05) is 12.7 Å². The highest BCUT2D eigenvalue weighted by Gasteiger charge is 2.05. The lowest BCUT2D eigenvalue weighted by Gasteiger charge is -2.18. The van der Waals surface area contributed by atoms with E-state index in [-0.39, 0.29) is 0 Å². The molecule has 17 heavy (non-hydrogen) atoms. The molecule has 3 nitrogen and oxygen atoms in total. The SMILES string of the molecule is Cc1cccc(N(C)c2cnc(CCl)cn2)c1. The molecule has 0 aliphatic heterocycles. The number of anilines is 2. The lowest BCUT2D eigenvalue weighted by Crippen LogP contribution is -2.11. The second-order valence-electron chi connectivity index (χ2n) is 3.90. The molecule has 4 heteroatoms. The minimum absolute atomic E-state index is 0.390. The summed E-state index contributed by atoms with van der Waals surface area (Å²) in [5.41, 5.74) is 3.10. The molecular weight excluding hydrogens is 234 g/mol. The maximum atomic E-state index is 5.68. The van der Waals surface area contributed by atoms with Gasteiger partial charge in [0.15, 0.2) is 5.82 Å². The van der Waals surface area contributed by atoms with Gasteiger partial charge in [0.05, 0.1) is 24.0 Å². The fourth-order valence-corrected chi connectivity index (χ4v) is 1.70. The lowest BCUT2D eigenvalue weighted by molar-refractivity contribution is 1.04. The molecule has 2 rings (SSSR count). The molecule has 0 spiro atoms. The molecule has 0 saturated heterocycles. The summed E-state index contributed by atoms with van der Waals surface area (Å²) in [5, 5.41) is 0. The summed E-state index contributed by atoms with van der Waals surface area (Å²) >= 11 is 5.68. The monoisotopic (exact) mass is 247 g/mol. The minimum atomic E-state index is 0.390. The molecule has 1 aromatic carbocycles. The third kappa shape index (κ3) is 2.74. The summed E-state index contributed by atoms with van der Waals surface area (Å²) in [4.78, 5) is 10.6. The van der Waals surface area contributed by atoms with E-state index in [0.717, 1.165) is 17.2 Å². The molecule has 0 unspecified atom stereocenters. The van der Waals surface area contributed by atoms with Crippen LogP contribution in [0.2, 0.25) is 0 Å². The normalized spacial score (nSPS) is 10.3. The van der Waals surface area contributed by atoms with Crippen LogP contribution in [0.15, 0.2) is 36.7 Å². The molecule has 0 N–H and O–H groups in total. The zero-order valence-corrected chi connectivity index (χ0v) is 10.6. The third-order valence-corrected chi connectivity index (χ3v) is 2.84. The maximum Gasteiger partial charge on any atom is 0.151 e. The fraction of sp³-hybridized carbons (Fsp3) is 0.231. The van der Waals surface area contributed by atoms with Crippen LogP contribution in [0.3, 0.4) is 0 Å². The van der Waals surface area contributed by atoms with E-state index < -0.39 is 0 Å². The Balaban J connectivity index is 2.27. The van der Waals surface area contributed by atoms with Crippen LogP contribution in [-0.2, 0) is 5.88 Å². The molecule has 1 heterocycles. The highest BCUT2D eigenvalue weighted by Crippen LogP contribution is 2.21. The van der Waals surface area contributed by atoms with Crippen LogP contribution in [0, 0.1) is 6.92 Å². The summed E-state index contributed by atoms with van der Waals surface area (Å²) in [7, 11) is 1.97. The van der Waals surface area contributed by atoms with Gasteiger partial charge in [0.1, 0.15) is 0 Å². The lowest BCUT2D eigenvalue weighted by atomic mass is 10.2. The Hall–Kier alpha value is -1.61. The van der Waals surface area contributed by atoms with E-state index in [1.807, 2.05) is 24.1 Å². The van der Waals surface area contributed by atoms with Crippen molar-refractivity contribution in [2.45, 2.75) is 12.8 Å². The molecule has 88 valence electrons. The first-order valence-corrected chi connectivity index (χ1v) is 5.91. The molecule has 1 aromatic heterocycles. The molecule has 0 fully saturated rings. The van der Waals surface area contributed by atoms with E-state index in [2.05, 4.69) is 29.0 Å². The molecule has 2 aromatic rings. The van der Waals surface area contributed by atoms with Crippen molar-refractivity contribution in [3.8, 4) is 0 Å². The number of alkyl halides is 1. The van der Waals surface area contributed by atoms with Crippen LogP contribution in [0.4, 0.5) is 11.5 Å². The second-order valence-corrected chi connectivity index (χ2v) is 4.16. The quantitative estimate of drug-likeness (QED) is 0.780. The Labute approximate surface area is 106 Å². The van der Waals surface area contributed by atoms with Crippen molar-refractivity contribution < 1.29 is 0 Å². The van der Waals surface area contributed by atoms with Gasteiger partial charge >= 0.3 is 0 Å². The summed E-state index contributed by atoms with van der Waals surface area (Å²) in [5.74, 6) is 1.20. The Morgan fingerprint density at radius 1 is 1.24 bits per heavy atom. The Bertz CT molecular complexity index is 496. The van der Waals surface area contributed by atoms with Crippen LogP contribution in [0.1, 0.15) is 11.3 Å². The number of halogens is 1. The van der Waals surface area contributed by atoms with Crippen molar-refractivity contribution in [3.05, 3.63) is 47.9 Å². The van der Waals surface area contributed by atoms with Gasteiger partial charge in [-0.15, -0.1) is 11.6 Å². The molecule has 0 radical (unpaired) electrons. The van der Waals surface area contributed by atoms with E-state index in [1.54, 1.807) is 12.4 Å². The summed E-state index contributed by atoms with van der Waals surface area (Å²) in [6.07, 6.45) is 3.44. The van der Waals surface area contributed by atoms with Crippen LogP contribution in [0.25, 0.3) is 0 Å². The Kier molecular flexibility index (Phi) is 3.59. The average Bonchev–Trinajstić information content (AvgIpc) is 2.38. The van der Waals surface area contributed by atoms with E-state index in [1.165, 1.54) is 5.56 Å². The maximum absolute atomic E-state index is 5.68. The summed E-state index contributed by atoms with van der Waals surface area (Å²) < 4.78 is 0. The largest absolute Gasteiger partial charge is 0.328 e. The molecule has 0 bridgehead atoms. The van der Waals surface area contributed by atoms with E-state index in [9.17, 15) is 0 Å². The van der Waals surface area contributed by atoms with Crippen LogP contribution in [-0.4, -0.2) is 17.0 Å². The zero-order chi connectivity index (χ0) is 12.3. The number of benzene rings is 1. The third-order valence-electron chi connectivity index (χ3n) is 2.56. The highest BCUT2D eigenvalue weighted by molar-refractivity contribution is 6.16. The second kappa shape index (κ2) is 5.15. The number of hydrogen-bond donors (Lipinski definition) is 0. The zero-order valence-electron chi connectivity index (χ0n) is 9.89. The van der Waals surface area contributed by atoms with Gasteiger partial charge in [0.2, 0.25) is 0 Å². The van der Waals surface area contributed by atoms with Gasteiger partial charge in [-0.3, -0.25) is 4.98 Å². The molecule has 0 aliphatic carbocycles. The van der Waals surface area contributed by atoms with Crippen LogP contribution >= 0.6 is 11.6 Å². The first-order chi connectivity index (χ1) is 8.20. The van der Waals surface area contributed by atoms with Crippen molar-refractivity contribution in [1.82, 2.24) is 9.97 Å². The van der Waals surface area contributed by atoms with Gasteiger partial charge in [-0.2, -0.15) is 0 Å². The van der Waals surface area contributed by atoms with Gasteiger partial charge in [0.25, 0.3) is 0 Å². The standard InChI is InChI=1S/C13H14ClN3/c1-10-4-3-5-12(6-10)17(2)13-9-15-11(7-14)8-16-13/h3-6,8-9H,7H2,1-2H3. The number of nitrogens with zero attached hydrogens (tertiary/aromatic N) is 3. The Morgan fingerprint density at radius 2 is 2.06 bits per heavy atom. The average molecular weight is 248 g/mol. The van der Waals surface area contributed by atoms with Crippen molar-refractivity contribution in [3.63, 3.8) is 0 Å². The van der Waals surface area contributed by atoms with Gasteiger partial charge in [-0.05, 0) is 24.6 Å². The van der Waals surface area contributed by atoms with Crippen molar-refractivity contribution in [1.29, 1.82) is 0 Å². The Morgan fingerprint density at radius 3 is 2.65 bits per heavy atom. The van der Waals surface area contributed by atoms with Crippen LogP contribution < -0.4 is 4.90 Å². The van der Waals surface area contributed by atoms with E-state index in [0.29, 0.717) is 5.88 Å². The molecular formula is C13H14ClN3. The predicted molar refractivity (Wildman–Crippen MR) is 70.8 cm³/mol. The smallest absolute Gasteiger partial charge is 0.151 e. The van der Waals surface area contributed by atoms with Gasteiger partial charge in [-0.1, -0.05) is 12.1 Å². The molecule has 0 saturated carbocycles. The molecule has 0 aliphatic rings. The predicted octanol–water partition coefficient (Wildman–Crippen LogP) is 3.29. The molecule has 0 atom stereocenters. The number of hydrogen-bond acceptors (Lipinski definition) is 3. The number of rotatable bonds is 3. The highest BCUT2D eigenvalue weighted by atomic mass is 35.5. The van der Waals surface area contributed by atoms with Crippen LogP contribution in [0.5, 0.6) is 0 Å². The van der Waals surface area contributed by atoms with E-state index in [4.69, 9.17) is 11.6 Å². The topological polar surface area (TPSA) is 29.0 Å².